The number of amides is 1. The molecule has 1 aliphatic heterocycles. The number of hydrogen-bond donors (Lipinski definition) is 1. The molecular formula is C19H23N3O4S. The fraction of sp³-hybridized carbons (Fsp3) is 0.526. The summed E-state index contributed by atoms with van der Waals surface area (Å²) in [7, 11) is -3.22. The first-order valence-electron chi connectivity index (χ1n) is 9.49. The van der Waals surface area contributed by atoms with Crippen LogP contribution in [-0.2, 0) is 27.6 Å². The smallest absolute Gasteiger partial charge is 0.261 e. The largest absolute Gasteiger partial charge is 0.326 e. The van der Waals surface area contributed by atoms with Gasteiger partial charge in [0.25, 0.3) is 5.56 Å². The monoisotopic (exact) mass is 389 g/mol. The summed E-state index contributed by atoms with van der Waals surface area (Å²) in [4.78, 5) is 29.3. The Morgan fingerprint density at radius 1 is 1.22 bits per heavy atom. The van der Waals surface area contributed by atoms with Gasteiger partial charge < -0.3 is 5.32 Å². The van der Waals surface area contributed by atoms with Crippen molar-refractivity contribution in [1.82, 2.24) is 9.55 Å². The highest BCUT2D eigenvalue weighted by atomic mass is 32.2. The predicted molar refractivity (Wildman–Crippen MR) is 104 cm³/mol. The van der Waals surface area contributed by atoms with Crippen LogP contribution in [0, 0.1) is 0 Å². The van der Waals surface area contributed by atoms with Crippen molar-refractivity contribution in [3.05, 3.63) is 34.4 Å². The number of benzene rings is 1. The van der Waals surface area contributed by atoms with Crippen molar-refractivity contribution in [2.75, 3.05) is 11.1 Å². The molecule has 4 rings (SSSR count). The van der Waals surface area contributed by atoms with E-state index in [0.29, 0.717) is 36.0 Å². The summed E-state index contributed by atoms with van der Waals surface area (Å²) in [6.45, 7) is 0.673. The molecule has 1 aliphatic carbocycles. The first-order valence-corrected chi connectivity index (χ1v) is 11.2. The van der Waals surface area contributed by atoms with Crippen molar-refractivity contribution in [2.45, 2.75) is 56.7 Å². The molecule has 1 aromatic carbocycles. The number of anilines is 1. The Balaban J connectivity index is 1.47. The van der Waals surface area contributed by atoms with Gasteiger partial charge in [0.05, 0.1) is 21.9 Å². The van der Waals surface area contributed by atoms with Crippen LogP contribution in [0.5, 0.6) is 0 Å². The van der Waals surface area contributed by atoms with Crippen molar-refractivity contribution >= 4 is 32.3 Å². The van der Waals surface area contributed by atoms with Gasteiger partial charge in [0.2, 0.25) is 5.91 Å². The Labute approximate surface area is 157 Å². The van der Waals surface area contributed by atoms with Gasteiger partial charge >= 0.3 is 0 Å². The molecule has 0 saturated heterocycles. The SMILES string of the molecule is O=C(CCS(=O)(=O)C1CCCC1)Nc1ccc2nc3n(c(=O)c2c1)CCC3. The lowest BCUT2D eigenvalue weighted by molar-refractivity contribution is -0.115. The molecular weight excluding hydrogens is 366 g/mol. The predicted octanol–water partition coefficient (Wildman–Crippen LogP) is 2.03. The zero-order valence-electron chi connectivity index (χ0n) is 15.1. The summed E-state index contributed by atoms with van der Waals surface area (Å²) >= 11 is 0. The minimum Gasteiger partial charge on any atom is -0.326 e. The topological polar surface area (TPSA) is 98.1 Å². The zero-order chi connectivity index (χ0) is 19.0. The van der Waals surface area contributed by atoms with Crippen LogP contribution in [-0.4, -0.2) is 34.9 Å². The molecule has 0 spiro atoms. The Morgan fingerprint density at radius 2 is 2.00 bits per heavy atom. The second kappa shape index (κ2) is 7.07. The zero-order valence-corrected chi connectivity index (χ0v) is 15.9. The number of carbonyl (C=O) groups excluding carboxylic acids is 1. The Kier molecular flexibility index (Phi) is 4.75. The summed E-state index contributed by atoms with van der Waals surface area (Å²) in [5.74, 6) is 0.320. The summed E-state index contributed by atoms with van der Waals surface area (Å²) in [5, 5.41) is 2.89. The van der Waals surface area contributed by atoms with Crippen molar-refractivity contribution in [2.24, 2.45) is 0 Å². The van der Waals surface area contributed by atoms with Gasteiger partial charge in [0, 0.05) is 25.1 Å². The first-order chi connectivity index (χ1) is 12.9. The Bertz CT molecular complexity index is 1050. The van der Waals surface area contributed by atoms with Crippen molar-refractivity contribution in [3.63, 3.8) is 0 Å². The van der Waals surface area contributed by atoms with E-state index in [1.54, 1.807) is 22.8 Å². The van der Waals surface area contributed by atoms with Crippen LogP contribution in [0.25, 0.3) is 10.9 Å². The molecule has 0 atom stereocenters. The molecule has 7 nitrogen and oxygen atoms in total. The van der Waals surface area contributed by atoms with Gasteiger partial charge in [-0.25, -0.2) is 13.4 Å². The number of nitrogens with zero attached hydrogens (tertiary/aromatic N) is 2. The summed E-state index contributed by atoms with van der Waals surface area (Å²) < 4.78 is 26.3. The third-order valence-electron chi connectivity index (χ3n) is 5.52. The molecule has 27 heavy (non-hydrogen) atoms. The summed E-state index contributed by atoms with van der Waals surface area (Å²) in [6.07, 6.45) is 4.95. The average molecular weight is 389 g/mol. The van der Waals surface area contributed by atoms with E-state index in [4.69, 9.17) is 0 Å². The molecule has 8 heteroatoms. The summed E-state index contributed by atoms with van der Waals surface area (Å²) in [5.41, 5.74) is 1.02. The number of sulfone groups is 1. The Morgan fingerprint density at radius 3 is 2.78 bits per heavy atom. The van der Waals surface area contributed by atoms with Gasteiger partial charge in [-0.05, 0) is 37.5 Å². The number of fused-ring (bicyclic) bond motifs is 2. The van der Waals surface area contributed by atoms with E-state index in [2.05, 4.69) is 10.3 Å². The van der Waals surface area contributed by atoms with Gasteiger partial charge in [-0.2, -0.15) is 0 Å². The lowest BCUT2D eigenvalue weighted by Gasteiger charge is -2.11. The Hall–Kier alpha value is -2.22. The molecule has 1 saturated carbocycles. The van der Waals surface area contributed by atoms with Crippen LogP contribution in [0.3, 0.4) is 0 Å². The number of carbonyl (C=O) groups is 1. The first kappa shape index (κ1) is 18.2. The van der Waals surface area contributed by atoms with Gasteiger partial charge in [-0.1, -0.05) is 12.8 Å². The molecule has 1 N–H and O–H groups in total. The molecule has 0 bridgehead atoms. The molecule has 2 heterocycles. The van der Waals surface area contributed by atoms with Gasteiger partial charge in [0.1, 0.15) is 5.82 Å². The molecule has 144 valence electrons. The standard InChI is InChI=1S/C19H23N3O4S/c23-18(9-11-27(25,26)14-4-1-2-5-14)20-13-7-8-16-15(12-13)19(24)22-10-3-6-17(22)21-16/h7-8,12,14H,1-6,9-11H2,(H,20,23). The van der Waals surface area contributed by atoms with Crippen LogP contribution in [0.1, 0.15) is 44.3 Å². The highest BCUT2D eigenvalue weighted by Gasteiger charge is 2.28. The van der Waals surface area contributed by atoms with Gasteiger partial charge in [-0.3, -0.25) is 14.2 Å². The molecule has 1 amide bonds. The van der Waals surface area contributed by atoms with Crippen LogP contribution in [0.15, 0.2) is 23.0 Å². The lowest BCUT2D eigenvalue weighted by Crippen LogP contribution is -2.24. The highest BCUT2D eigenvalue weighted by molar-refractivity contribution is 7.92. The van der Waals surface area contributed by atoms with Gasteiger partial charge in [-0.15, -0.1) is 0 Å². The van der Waals surface area contributed by atoms with Gasteiger partial charge in [0.15, 0.2) is 9.84 Å². The van der Waals surface area contributed by atoms with E-state index in [-0.39, 0.29) is 28.9 Å². The van der Waals surface area contributed by atoms with Crippen molar-refractivity contribution < 1.29 is 13.2 Å². The van der Waals surface area contributed by atoms with E-state index in [0.717, 1.165) is 31.5 Å². The summed E-state index contributed by atoms with van der Waals surface area (Å²) in [6, 6.07) is 5.05. The van der Waals surface area contributed by atoms with Crippen molar-refractivity contribution in [1.29, 1.82) is 0 Å². The number of nitrogens with one attached hydrogen (secondary N) is 1. The molecule has 1 aromatic heterocycles. The van der Waals surface area contributed by atoms with Crippen LogP contribution >= 0.6 is 0 Å². The van der Waals surface area contributed by atoms with Crippen molar-refractivity contribution in [3.8, 4) is 0 Å². The number of aromatic nitrogens is 2. The second-order valence-corrected chi connectivity index (χ2v) is 9.79. The maximum Gasteiger partial charge on any atom is 0.261 e. The second-order valence-electron chi connectivity index (χ2n) is 7.39. The normalized spacial score (nSPS) is 17.3. The maximum atomic E-state index is 12.6. The third-order valence-corrected chi connectivity index (χ3v) is 7.78. The third kappa shape index (κ3) is 3.63. The van der Waals surface area contributed by atoms with Crippen LogP contribution in [0.4, 0.5) is 5.69 Å². The van der Waals surface area contributed by atoms with Crippen LogP contribution in [0.2, 0.25) is 0 Å². The number of aryl methyl sites for hydroxylation is 1. The van der Waals surface area contributed by atoms with E-state index in [9.17, 15) is 18.0 Å². The molecule has 0 unspecified atom stereocenters. The van der Waals surface area contributed by atoms with E-state index < -0.39 is 9.84 Å². The minimum atomic E-state index is -3.22. The van der Waals surface area contributed by atoms with E-state index in [1.807, 2.05) is 0 Å². The fourth-order valence-electron chi connectivity index (χ4n) is 4.03. The number of hydrogen-bond acceptors (Lipinski definition) is 5. The minimum absolute atomic E-state index is 0.0711. The maximum absolute atomic E-state index is 12.6. The molecule has 2 aliphatic rings. The average Bonchev–Trinajstić information content (AvgIpc) is 3.33. The van der Waals surface area contributed by atoms with Crippen LogP contribution < -0.4 is 10.9 Å². The van der Waals surface area contributed by atoms with E-state index in [1.165, 1.54) is 0 Å². The highest BCUT2D eigenvalue weighted by Crippen LogP contribution is 2.25. The molecule has 1 fully saturated rings. The lowest BCUT2D eigenvalue weighted by atomic mass is 10.2. The fourth-order valence-corrected chi connectivity index (χ4v) is 5.89. The molecule has 0 radical (unpaired) electrons. The quantitative estimate of drug-likeness (QED) is 0.844. The number of rotatable bonds is 5. The molecule has 2 aromatic rings. The van der Waals surface area contributed by atoms with E-state index >= 15 is 0 Å².